The van der Waals surface area contributed by atoms with E-state index in [1.54, 1.807) is 6.07 Å². The van der Waals surface area contributed by atoms with Crippen molar-refractivity contribution >= 4 is 58.0 Å². The number of halogens is 3. The van der Waals surface area contributed by atoms with Crippen LogP contribution < -0.4 is 10.2 Å². The van der Waals surface area contributed by atoms with Gasteiger partial charge in [-0.05, 0) is 42.8 Å². The smallest absolute Gasteiger partial charge is 0.283 e. The fourth-order valence-corrected chi connectivity index (χ4v) is 2.84. The zero-order chi connectivity index (χ0) is 17.4. The van der Waals surface area contributed by atoms with Crippen molar-refractivity contribution in [2.45, 2.75) is 6.92 Å². The predicted octanol–water partition coefficient (Wildman–Crippen LogP) is 4.74. The molecule has 24 heavy (non-hydrogen) atoms. The van der Waals surface area contributed by atoms with Crippen molar-refractivity contribution in [3.05, 3.63) is 68.8 Å². The van der Waals surface area contributed by atoms with Crippen molar-refractivity contribution in [1.82, 2.24) is 0 Å². The molecule has 0 saturated carbocycles. The molecule has 0 atom stereocenters. The van der Waals surface area contributed by atoms with Crippen LogP contribution in [-0.2, 0) is 9.59 Å². The van der Waals surface area contributed by atoms with Gasteiger partial charge in [0, 0.05) is 5.69 Å². The monoisotopic (exact) mass is 380 g/mol. The highest BCUT2D eigenvalue weighted by Crippen LogP contribution is 2.33. The molecule has 2 aromatic carbocycles. The van der Waals surface area contributed by atoms with E-state index in [1.807, 2.05) is 25.1 Å². The summed E-state index contributed by atoms with van der Waals surface area (Å²) in [6.07, 6.45) is 0. The first kappa shape index (κ1) is 16.8. The van der Waals surface area contributed by atoms with Crippen molar-refractivity contribution in [2.75, 3.05) is 10.2 Å². The Hall–Kier alpha value is -2.01. The molecule has 1 heterocycles. The molecule has 2 amide bonds. The van der Waals surface area contributed by atoms with Gasteiger partial charge in [0.15, 0.2) is 0 Å². The van der Waals surface area contributed by atoms with Gasteiger partial charge in [0.2, 0.25) is 0 Å². The summed E-state index contributed by atoms with van der Waals surface area (Å²) >= 11 is 17.9. The third-order valence-electron chi connectivity index (χ3n) is 3.48. The summed E-state index contributed by atoms with van der Waals surface area (Å²) in [5.74, 6) is -1.17. The zero-order valence-corrected chi connectivity index (χ0v) is 14.7. The van der Waals surface area contributed by atoms with Gasteiger partial charge in [-0.15, -0.1) is 0 Å². The van der Waals surface area contributed by atoms with Gasteiger partial charge < -0.3 is 5.32 Å². The van der Waals surface area contributed by atoms with Crippen LogP contribution in [0.3, 0.4) is 0 Å². The fraction of sp³-hybridized carbons (Fsp3) is 0.0588. The van der Waals surface area contributed by atoms with E-state index in [9.17, 15) is 9.59 Å². The minimum absolute atomic E-state index is 0.0262. The van der Waals surface area contributed by atoms with E-state index in [4.69, 9.17) is 34.8 Å². The van der Waals surface area contributed by atoms with Crippen molar-refractivity contribution < 1.29 is 9.59 Å². The molecule has 0 fully saturated rings. The van der Waals surface area contributed by atoms with Crippen LogP contribution in [0.15, 0.2) is 53.2 Å². The molecule has 0 bridgehead atoms. The Balaban J connectivity index is 1.94. The largest absolute Gasteiger partial charge is 0.350 e. The van der Waals surface area contributed by atoms with Crippen LogP contribution in [0.4, 0.5) is 11.4 Å². The van der Waals surface area contributed by atoms with Gasteiger partial charge in [0.05, 0.1) is 15.7 Å². The summed E-state index contributed by atoms with van der Waals surface area (Å²) in [4.78, 5) is 26.0. The molecular formula is C17H11Cl3N2O2. The quantitative estimate of drug-likeness (QED) is 0.781. The molecule has 1 N–H and O–H groups in total. The first-order chi connectivity index (χ1) is 11.4. The van der Waals surface area contributed by atoms with Gasteiger partial charge >= 0.3 is 0 Å². The highest BCUT2D eigenvalue weighted by molar-refractivity contribution is 6.53. The van der Waals surface area contributed by atoms with Crippen molar-refractivity contribution in [1.29, 1.82) is 0 Å². The van der Waals surface area contributed by atoms with Crippen molar-refractivity contribution in [2.24, 2.45) is 0 Å². The van der Waals surface area contributed by atoms with Gasteiger partial charge in [-0.2, -0.15) is 0 Å². The number of nitrogens with one attached hydrogen (secondary N) is 1. The number of aryl methyl sites for hydroxylation is 1. The molecule has 0 saturated heterocycles. The van der Waals surface area contributed by atoms with Crippen molar-refractivity contribution in [3.8, 4) is 0 Å². The molecule has 1 aliphatic heterocycles. The maximum atomic E-state index is 12.6. The van der Waals surface area contributed by atoms with E-state index in [2.05, 4.69) is 5.32 Å². The van der Waals surface area contributed by atoms with E-state index in [0.717, 1.165) is 10.5 Å². The Kier molecular flexibility index (Phi) is 4.54. The summed E-state index contributed by atoms with van der Waals surface area (Å²) in [6, 6.07) is 11.9. The lowest BCUT2D eigenvalue weighted by Gasteiger charge is -2.15. The Morgan fingerprint density at radius 1 is 0.917 bits per heavy atom. The molecule has 7 heteroatoms. The van der Waals surface area contributed by atoms with Crippen molar-refractivity contribution in [3.63, 3.8) is 0 Å². The second-order valence-corrected chi connectivity index (χ2v) is 6.42. The van der Waals surface area contributed by atoms with Gasteiger partial charge in [-0.3, -0.25) is 9.59 Å². The lowest BCUT2D eigenvalue weighted by molar-refractivity contribution is -0.120. The number of hydrogen-bond acceptors (Lipinski definition) is 3. The molecule has 0 unspecified atom stereocenters. The van der Waals surface area contributed by atoms with Gasteiger partial charge in [0.1, 0.15) is 10.7 Å². The molecule has 0 aliphatic carbocycles. The number of rotatable bonds is 3. The summed E-state index contributed by atoms with van der Waals surface area (Å²) in [5, 5.41) is 3.31. The number of carbonyl (C=O) groups is 2. The third kappa shape index (κ3) is 3.00. The van der Waals surface area contributed by atoms with Crippen LogP contribution in [0.5, 0.6) is 0 Å². The Morgan fingerprint density at radius 2 is 1.67 bits per heavy atom. The lowest BCUT2D eigenvalue weighted by Crippen LogP contribution is -2.32. The van der Waals surface area contributed by atoms with Crippen LogP contribution in [0, 0.1) is 6.92 Å². The SMILES string of the molecule is Cc1cccc(NC2=C(Cl)C(=O)N(c3ccc(Cl)c(Cl)c3)C2=O)c1. The van der Waals surface area contributed by atoms with Gasteiger partial charge in [-0.25, -0.2) is 4.90 Å². The number of benzene rings is 2. The fourth-order valence-electron chi connectivity index (χ4n) is 2.34. The Labute approximate surface area is 153 Å². The topological polar surface area (TPSA) is 49.4 Å². The van der Waals surface area contributed by atoms with E-state index in [1.165, 1.54) is 18.2 Å². The van der Waals surface area contributed by atoms with Crippen LogP contribution in [-0.4, -0.2) is 11.8 Å². The minimum atomic E-state index is -0.616. The number of nitrogens with zero attached hydrogens (tertiary/aromatic N) is 1. The first-order valence-electron chi connectivity index (χ1n) is 6.96. The van der Waals surface area contributed by atoms with E-state index < -0.39 is 11.8 Å². The molecule has 0 aromatic heterocycles. The second-order valence-electron chi connectivity index (χ2n) is 5.23. The second kappa shape index (κ2) is 6.48. The lowest BCUT2D eigenvalue weighted by atomic mass is 10.2. The molecule has 2 aromatic rings. The number of anilines is 2. The van der Waals surface area contributed by atoms with Gasteiger partial charge in [0.25, 0.3) is 11.8 Å². The maximum Gasteiger partial charge on any atom is 0.283 e. The predicted molar refractivity (Wildman–Crippen MR) is 96.6 cm³/mol. The first-order valence-corrected chi connectivity index (χ1v) is 8.09. The average molecular weight is 382 g/mol. The summed E-state index contributed by atoms with van der Waals surface area (Å²) in [5.41, 5.74) is 2.01. The highest BCUT2D eigenvalue weighted by Gasteiger charge is 2.39. The standard InChI is InChI=1S/C17H11Cl3N2O2/c1-9-3-2-4-10(7-9)21-15-14(20)16(23)22(17(15)24)11-5-6-12(18)13(19)8-11/h2-8,21H,1H3. The summed E-state index contributed by atoms with van der Waals surface area (Å²) in [7, 11) is 0. The number of carbonyl (C=O) groups excluding carboxylic acids is 2. The molecule has 1 aliphatic rings. The van der Waals surface area contributed by atoms with Crippen LogP contribution >= 0.6 is 34.8 Å². The number of imide groups is 1. The molecule has 0 spiro atoms. The van der Waals surface area contributed by atoms with Crippen LogP contribution in [0.25, 0.3) is 0 Å². The Morgan fingerprint density at radius 3 is 2.33 bits per heavy atom. The highest BCUT2D eigenvalue weighted by atomic mass is 35.5. The van der Waals surface area contributed by atoms with Crippen LogP contribution in [0.1, 0.15) is 5.56 Å². The summed E-state index contributed by atoms with van der Waals surface area (Å²) in [6.45, 7) is 1.92. The number of hydrogen-bond donors (Lipinski definition) is 1. The summed E-state index contributed by atoms with van der Waals surface area (Å²) < 4.78 is 0. The minimum Gasteiger partial charge on any atom is -0.350 e. The van der Waals surface area contributed by atoms with Crippen LogP contribution in [0.2, 0.25) is 10.0 Å². The van der Waals surface area contributed by atoms with E-state index in [-0.39, 0.29) is 15.8 Å². The molecule has 122 valence electrons. The molecule has 4 nitrogen and oxygen atoms in total. The van der Waals surface area contributed by atoms with E-state index in [0.29, 0.717) is 16.4 Å². The average Bonchev–Trinajstić information content (AvgIpc) is 2.74. The molecule has 0 radical (unpaired) electrons. The third-order valence-corrected chi connectivity index (χ3v) is 4.57. The maximum absolute atomic E-state index is 12.6. The normalized spacial score (nSPS) is 14.6. The number of amides is 2. The zero-order valence-electron chi connectivity index (χ0n) is 12.4. The van der Waals surface area contributed by atoms with Gasteiger partial charge in [-0.1, -0.05) is 46.9 Å². The molecule has 3 rings (SSSR count). The Bertz CT molecular complexity index is 893. The molecular weight excluding hydrogens is 371 g/mol. The van der Waals surface area contributed by atoms with E-state index >= 15 is 0 Å².